The first-order valence-corrected chi connectivity index (χ1v) is 10.3. The molecule has 2 aromatic carbocycles. The van der Waals surface area contributed by atoms with Gasteiger partial charge in [-0.1, -0.05) is 17.3 Å². The van der Waals surface area contributed by atoms with Crippen LogP contribution in [0.25, 0.3) is 11.4 Å². The molecular weight excluding hydrogens is 399 g/mol. The molecule has 160 valence electrons. The fourth-order valence-corrected chi connectivity index (χ4v) is 3.48. The smallest absolute Gasteiger partial charge is 0.227 e. The average molecular weight is 422 g/mol. The molecule has 1 saturated heterocycles. The molecule has 0 aliphatic carbocycles. The number of carbonyl (C=O) groups is 2. The molecule has 1 N–H and O–H groups in total. The van der Waals surface area contributed by atoms with Crippen molar-refractivity contribution in [2.45, 2.75) is 32.1 Å². The molecule has 1 aromatic heterocycles. The summed E-state index contributed by atoms with van der Waals surface area (Å²) in [5, 5.41) is 6.70. The number of aryl methyl sites for hydroxylation is 1. The molecular formula is C23H23FN4O3. The number of rotatable bonds is 7. The fraction of sp³-hybridized carbons (Fsp3) is 0.304. The molecule has 2 heterocycles. The Morgan fingerprint density at radius 3 is 2.45 bits per heavy atom. The van der Waals surface area contributed by atoms with Gasteiger partial charge in [0.2, 0.25) is 23.5 Å². The van der Waals surface area contributed by atoms with Gasteiger partial charge in [0.05, 0.1) is 6.42 Å². The van der Waals surface area contributed by atoms with E-state index in [0.717, 1.165) is 31.5 Å². The van der Waals surface area contributed by atoms with Crippen molar-refractivity contribution in [1.29, 1.82) is 0 Å². The van der Waals surface area contributed by atoms with Crippen LogP contribution in [-0.2, 0) is 22.4 Å². The van der Waals surface area contributed by atoms with Crippen molar-refractivity contribution in [2.24, 2.45) is 0 Å². The first-order chi connectivity index (χ1) is 15.1. The van der Waals surface area contributed by atoms with Crippen molar-refractivity contribution < 1.29 is 18.5 Å². The molecule has 0 atom stereocenters. The normalized spacial score (nSPS) is 13.4. The van der Waals surface area contributed by atoms with Crippen molar-refractivity contribution in [1.82, 2.24) is 15.0 Å². The molecule has 7 nitrogen and oxygen atoms in total. The monoisotopic (exact) mass is 422 g/mol. The van der Waals surface area contributed by atoms with E-state index in [9.17, 15) is 14.0 Å². The minimum atomic E-state index is -0.338. The van der Waals surface area contributed by atoms with Crippen LogP contribution in [-0.4, -0.2) is 39.9 Å². The highest BCUT2D eigenvalue weighted by Crippen LogP contribution is 2.17. The fourth-order valence-electron chi connectivity index (χ4n) is 3.48. The number of hydrogen-bond acceptors (Lipinski definition) is 5. The van der Waals surface area contributed by atoms with Gasteiger partial charge in [-0.05, 0) is 54.8 Å². The molecule has 1 fully saturated rings. The van der Waals surface area contributed by atoms with E-state index in [0.29, 0.717) is 35.8 Å². The Morgan fingerprint density at radius 2 is 1.74 bits per heavy atom. The summed E-state index contributed by atoms with van der Waals surface area (Å²) in [5.41, 5.74) is 2.23. The zero-order valence-corrected chi connectivity index (χ0v) is 17.0. The largest absolute Gasteiger partial charge is 0.342 e. The number of hydrogen-bond donors (Lipinski definition) is 1. The summed E-state index contributed by atoms with van der Waals surface area (Å²) in [6, 6.07) is 13.1. The molecule has 0 radical (unpaired) electrons. The van der Waals surface area contributed by atoms with Gasteiger partial charge in [0.15, 0.2) is 0 Å². The van der Waals surface area contributed by atoms with Gasteiger partial charge in [-0.3, -0.25) is 9.59 Å². The first-order valence-electron chi connectivity index (χ1n) is 10.3. The standard InChI is InChI=1S/C23H23FN4O3/c24-18-7-5-17(6-8-18)23-26-21(31-27-23)12-11-20(29)25-19-9-3-16(4-10-19)15-22(30)28-13-1-2-14-28/h3-10H,1-2,11-15H2,(H,25,29). The summed E-state index contributed by atoms with van der Waals surface area (Å²) >= 11 is 0. The van der Waals surface area contributed by atoms with Gasteiger partial charge in [0.25, 0.3) is 0 Å². The number of nitrogens with zero attached hydrogens (tertiary/aromatic N) is 3. The van der Waals surface area contributed by atoms with Crippen molar-refractivity contribution in [3.63, 3.8) is 0 Å². The van der Waals surface area contributed by atoms with Crippen molar-refractivity contribution in [3.8, 4) is 11.4 Å². The van der Waals surface area contributed by atoms with E-state index in [1.54, 1.807) is 24.3 Å². The maximum atomic E-state index is 13.0. The van der Waals surface area contributed by atoms with Crippen molar-refractivity contribution in [3.05, 3.63) is 65.8 Å². The van der Waals surface area contributed by atoms with Crippen LogP contribution in [0, 0.1) is 5.82 Å². The Bertz CT molecular complexity index is 1040. The number of halogens is 1. The van der Waals surface area contributed by atoms with E-state index in [1.807, 2.05) is 17.0 Å². The van der Waals surface area contributed by atoms with Crippen LogP contribution >= 0.6 is 0 Å². The van der Waals surface area contributed by atoms with Gasteiger partial charge in [0, 0.05) is 37.2 Å². The van der Waals surface area contributed by atoms with Crippen LogP contribution in [0.3, 0.4) is 0 Å². The molecule has 0 saturated carbocycles. The summed E-state index contributed by atoms with van der Waals surface area (Å²) in [7, 11) is 0. The lowest BCUT2D eigenvalue weighted by Gasteiger charge is -2.15. The Kier molecular flexibility index (Phi) is 6.35. The summed E-state index contributed by atoms with van der Waals surface area (Å²) < 4.78 is 18.2. The topological polar surface area (TPSA) is 88.3 Å². The second-order valence-electron chi connectivity index (χ2n) is 7.53. The number of amides is 2. The zero-order valence-electron chi connectivity index (χ0n) is 17.0. The number of carbonyl (C=O) groups excluding carboxylic acids is 2. The zero-order chi connectivity index (χ0) is 21.6. The number of benzene rings is 2. The molecule has 0 unspecified atom stereocenters. The number of nitrogens with one attached hydrogen (secondary N) is 1. The molecule has 8 heteroatoms. The summed E-state index contributed by atoms with van der Waals surface area (Å²) in [6.07, 6.45) is 3.01. The minimum absolute atomic E-state index is 0.147. The lowest BCUT2D eigenvalue weighted by atomic mass is 10.1. The Labute approximate surface area is 179 Å². The van der Waals surface area contributed by atoms with Crippen LogP contribution in [0.5, 0.6) is 0 Å². The highest BCUT2D eigenvalue weighted by atomic mass is 19.1. The minimum Gasteiger partial charge on any atom is -0.342 e. The SMILES string of the molecule is O=C(CCc1nc(-c2ccc(F)cc2)no1)Nc1ccc(CC(=O)N2CCCC2)cc1. The quantitative estimate of drug-likeness (QED) is 0.628. The number of aromatic nitrogens is 2. The van der Waals surface area contributed by atoms with E-state index in [-0.39, 0.29) is 24.1 Å². The summed E-state index contributed by atoms with van der Waals surface area (Å²) in [4.78, 5) is 30.6. The molecule has 31 heavy (non-hydrogen) atoms. The maximum absolute atomic E-state index is 13.0. The van der Waals surface area contributed by atoms with E-state index >= 15 is 0 Å². The van der Waals surface area contributed by atoms with E-state index < -0.39 is 0 Å². The molecule has 1 aliphatic rings. The highest BCUT2D eigenvalue weighted by molar-refractivity contribution is 5.90. The van der Waals surface area contributed by atoms with Crippen LogP contribution < -0.4 is 5.32 Å². The summed E-state index contributed by atoms with van der Waals surface area (Å²) in [5.74, 6) is 0.325. The Balaban J connectivity index is 1.25. The second-order valence-corrected chi connectivity index (χ2v) is 7.53. The van der Waals surface area contributed by atoms with Gasteiger partial charge >= 0.3 is 0 Å². The van der Waals surface area contributed by atoms with Gasteiger partial charge in [-0.15, -0.1) is 0 Å². The number of likely N-dealkylation sites (tertiary alicyclic amines) is 1. The third-order valence-corrected chi connectivity index (χ3v) is 5.19. The maximum Gasteiger partial charge on any atom is 0.227 e. The van der Waals surface area contributed by atoms with Gasteiger partial charge in [-0.2, -0.15) is 4.98 Å². The summed E-state index contributed by atoms with van der Waals surface area (Å²) in [6.45, 7) is 1.69. The Morgan fingerprint density at radius 1 is 1.03 bits per heavy atom. The molecule has 0 bridgehead atoms. The molecule has 1 aliphatic heterocycles. The average Bonchev–Trinajstić information content (AvgIpc) is 3.47. The van der Waals surface area contributed by atoms with Crippen LogP contribution in [0.2, 0.25) is 0 Å². The molecule has 3 aromatic rings. The predicted molar refractivity (Wildman–Crippen MR) is 113 cm³/mol. The van der Waals surface area contributed by atoms with Crippen LogP contribution in [0.4, 0.5) is 10.1 Å². The van der Waals surface area contributed by atoms with E-state index in [4.69, 9.17) is 4.52 Å². The van der Waals surface area contributed by atoms with Crippen LogP contribution in [0.15, 0.2) is 53.1 Å². The third-order valence-electron chi connectivity index (χ3n) is 5.19. The molecule has 4 rings (SSSR count). The number of anilines is 1. The third kappa shape index (κ3) is 5.53. The lowest BCUT2D eigenvalue weighted by Crippen LogP contribution is -2.29. The lowest BCUT2D eigenvalue weighted by molar-refractivity contribution is -0.129. The van der Waals surface area contributed by atoms with Crippen LogP contribution in [0.1, 0.15) is 30.7 Å². The molecule has 2 amide bonds. The van der Waals surface area contributed by atoms with Crippen molar-refractivity contribution >= 4 is 17.5 Å². The highest BCUT2D eigenvalue weighted by Gasteiger charge is 2.18. The first kappa shape index (κ1) is 20.7. The van der Waals surface area contributed by atoms with Gasteiger partial charge < -0.3 is 14.7 Å². The van der Waals surface area contributed by atoms with E-state index in [1.165, 1.54) is 12.1 Å². The second kappa shape index (κ2) is 9.51. The Hall–Kier alpha value is -3.55. The van der Waals surface area contributed by atoms with Crippen molar-refractivity contribution in [2.75, 3.05) is 18.4 Å². The molecule has 0 spiro atoms. The van der Waals surface area contributed by atoms with E-state index in [2.05, 4.69) is 15.5 Å². The van der Waals surface area contributed by atoms with Gasteiger partial charge in [0.1, 0.15) is 5.82 Å². The van der Waals surface area contributed by atoms with Gasteiger partial charge in [-0.25, -0.2) is 4.39 Å². The predicted octanol–water partition coefficient (Wildman–Crippen LogP) is 3.61.